The normalized spacial score (nSPS) is 22.0. The first-order valence-corrected chi connectivity index (χ1v) is 10.2. The molecule has 6 heteroatoms. The van der Waals surface area contributed by atoms with E-state index in [0.717, 1.165) is 30.5 Å². The summed E-state index contributed by atoms with van der Waals surface area (Å²) in [5, 5.41) is 12.9. The quantitative estimate of drug-likeness (QED) is 0.738. The SMILES string of the molecule is O=C1NC(Cc2ccccc2)(Cc2ccccc2)C(=O)N1CN1CCC[C@@H](O)C1. The molecular weight excluding hydrogens is 366 g/mol. The number of rotatable bonds is 6. The molecule has 6 nitrogen and oxygen atoms in total. The third-order valence-electron chi connectivity index (χ3n) is 5.77. The number of benzene rings is 2. The summed E-state index contributed by atoms with van der Waals surface area (Å²) in [7, 11) is 0. The summed E-state index contributed by atoms with van der Waals surface area (Å²) in [5.74, 6) is -0.199. The average Bonchev–Trinajstić information content (AvgIpc) is 2.93. The van der Waals surface area contributed by atoms with E-state index in [1.165, 1.54) is 4.90 Å². The van der Waals surface area contributed by atoms with Gasteiger partial charge in [-0.05, 0) is 24.0 Å². The minimum Gasteiger partial charge on any atom is -0.392 e. The molecule has 2 saturated heterocycles. The van der Waals surface area contributed by atoms with Crippen LogP contribution in [0.15, 0.2) is 60.7 Å². The smallest absolute Gasteiger partial charge is 0.326 e. The van der Waals surface area contributed by atoms with Gasteiger partial charge < -0.3 is 10.4 Å². The molecule has 2 heterocycles. The van der Waals surface area contributed by atoms with Crippen molar-refractivity contribution in [3.05, 3.63) is 71.8 Å². The van der Waals surface area contributed by atoms with Crippen LogP contribution in [0.4, 0.5) is 4.79 Å². The lowest BCUT2D eigenvalue weighted by atomic mass is 9.84. The molecule has 0 radical (unpaired) electrons. The zero-order valence-corrected chi connectivity index (χ0v) is 16.5. The van der Waals surface area contributed by atoms with E-state index in [1.54, 1.807) is 0 Å². The summed E-state index contributed by atoms with van der Waals surface area (Å²) in [6, 6.07) is 19.2. The lowest BCUT2D eigenvalue weighted by Crippen LogP contribution is -2.52. The number of nitrogens with one attached hydrogen (secondary N) is 1. The summed E-state index contributed by atoms with van der Waals surface area (Å²) < 4.78 is 0. The number of aliphatic hydroxyl groups is 1. The zero-order valence-electron chi connectivity index (χ0n) is 16.5. The number of carbonyl (C=O) groups is 2. The predicted octanol–water partition coefficient (Wildman–Crippen LogP) is 2.18. The van der Waals surface area contributed by atoms with Crippen molar-refractivity contribution < 1.29 is 14.7 Å². The van der Waals surface area contributed by atoms with Crippen LogP contribution in [0.2, 0.25) is 0 Å². The van der Waals surface area contributed by atoms with Crippen LogP contribution >= 0.6 is 0 Å². The van der Waals surface area contributed by atoms with Gasteiger partial charge in [0, 0.05) is 25.9 Å². The average molecular weight is 393 g/mol. The Morgan fingerprint density at radius 2 is 1.55 bits per heavy atom. The summed E-state index contributed by atoms with van der Waals surface area (Å²) >= 11 is 0. The molecule has 0 unspecified atom stereocenters. The summed E-state index contributed by atoms with van der Waals surface area (Å²) in [5.41, 5.74) is 1.01. The molecule has 0 aliphatic carbocycles. The lowest BCUT2D eigenvalue weighted by molar-refractivity contribution is -0.133. The number of hydrogen-bond donors (Lipinski definition) is 2. The molecule has 2 aliphatic heterocycles. The second-order valence-electron chi connectivity index (χ2n) is 8.08. The number of imide groups is 1. The third-order valence-corrected chi connectivity index (χ3v) is 5.77. The number of piperidine rings is 1. The first-order chi connectivity index (χ1) is 14.1. The fraction of sp³-hybridized carbons (Fsp3) is 0.391. The molecule has 4 rings (SSSR count). The molecule has 1 atom stereocenters. The van der Waals surface area contributed by atoms with Gasteiger partial charge in [-0.3, -0.25) is 9.69 Å². The minimum absolute atomic E-state index is 0.199. The van der Waals surface area contributed by atoms with Gasteiger partial charge >= 0.3 is 6.03 Å². The Kier molecular flexibility index (Phi) is 5.65. The van der Waals surface area contributed by atoms with Crippen molar-refractivity contribution in [3.63, 3.8) is 0 Å². The first-order valence-electron chi connectivity index (χ1n) is 10.2. The maximum atomic E-state index is 13.6. The van der Waals surface area contributed by atoms with Crippen LogP contribution in [-0.2, 0) is 17.6 Å². The van der Waals surface area contributed by atoms with E-state index < -0.39 is 11.6 Å². The van der Waals surface area contributed by atoms with Crippen LogP contribution in [0.1, 0.15) is 24.0 Å². The van der Waals surface area contributed by atoms with E-state index in [0.29, 0.717) is 19.4 Å². The van der Waals surface area contributed by atoms with Gasteiger partial charge in [0.05, 0.1) is 12.8 Å². The summed E-state index contributed by atoms with van der Waals surface area (Å²) in [4.78, 5) is 29.7. The van der Waals surface area contributed by atoms with Gasteiger partial charge in [-0.2, -0.15) is 0 Å². The maximum absolute atomic E-state index is 13.6. The highest BCUT2D eigenvalue weighted by atomic mass is 16.3. The van der Waals surface area contributed by atoms with Crippen LogP contribution < -0.4 is 5.32 Å². The molecule has 29 heavy (non-hydrogen) atoms. The molecule has 0 saturated carbocycles. The van der Waals surface area contributed by atoms with E-state index in [2.05, 4.69) is 5.32 Å². The second-order valence-corrected chi connectivity index (χ2v) is 8.08. The largest absolute Gasteiger partial charge is 0.392 e. The molecule has 2 aliphatic rings. The monoisotopic (exact) mass is 393 g/mol. The Bertz CT molecular complexity index is 815. The number of carbonyl (C=O) groups excluding carboxylic acids is 2. The van der Waals surface area contributed by atoms with Gasteiger partial charge in [0.1, 0.15) is 5.54 Å². The molecule has 0 spiro atoms. The molecular formula is C23H27N3O3. The van der Waals surface area contributed by atoms with E-state index in [-0.39, 0.29) is 18.6 Å². The molecule has 2 fully saturated rings. The summed E-state index contributed by atoms with van der Waals surface area (Å²) in [6.07, 6.45) is 2.11. The highest BCUT2D eigenvalue weighted by Crippen LogP contribution is 2.28. The molecule has 2 aromatic carbocycles. The van der Waals surface area contributed by atoms with Crippen molar-refractivity contribution >= 4 is 11.9 Å². The number of β-amino-alcohol motifs (C(OH)–C–C–N with tert-alkyl or cyclic N) is 1. The third kappa shape index (κ3) is 4.33. The number of amides is 3. The molecule has 3 amide bonds. The van der Waals surface area contributed by atoms with E-state index in [9.17, 15) is 14.7 Å². The minimum atomic E-state index is -1.01. The van der Waals surface area contributed by atoms with Gasteiger partial charge in [0.15, 0.2) is 0 Å². The van der Waals surface area contributed by atoms with Crippen LogP contribution in [0.5, 0.6) is 0 Å². The highest BCUT2D eigenvalue weighted by Gasteiger charge is 2.51. The lowest BCUT2D eigenvalue weighted by Gasteiger charge is -2.33. The fourth-order valence-electron chi connectivity index (χ4n) is 4.35. The Hall–Kier alpha value is -2.70. The first kappa shape index (κ1) is 19.6. The number of aliphatic hydroxyl groups excluding tert-OH is 1. The Morgan fingerprint density at radius 3 is 2.10 bits per heavy atom. The summed E-state index contributed by atoms with van der Waals surface area (Å²) in [6.45, 7) is 1.48. The van der Waals surface area contributed by atoms with Crippen molar-refractivity contribution in [3.8, 4) is 0 Å². The van der Waals surface area contributed by atoms with Crippen molar-refractivity contribution in [2.24, 2.45) is 0 Å². The number of urea groups is 1. The van der Waals surface area contributed by atoms with Gasteiger partial charge in [0.2, 0.25) is 0 Å². The highest BCUT2D eigenvalue weighted by molar-refractivity contribution is 6.07. The van der Waals surface area contributed by atoms with Crippen molar-refractivity contribution in [1.29, 1.82) is 0 Å². The fourth-order valence-corrected chi connectivity index (χ4v) is 4.35. The van der Waals surface area contributed by atoms with Crippen molar-refractivity contribution in [2.45, 2.75) is 37.3 Å². The Morgan fingerprint density at radius 1 is 0.966 bits per heavy atom. The molecule has 0 aromatic heterocycles. The maximum Gasteiger partial charge on any atom is 0.326 e. The number of likely N-dealkylation sites (tertiary alicyclic amines) is 1. The topological polar surface area (TPSA) is 72.9 Å². The van der Waals surface area contributed by atoms with E-state index >= 15 is 0 Å². The van der Waals surface area contributed by atoms with E-state index in [1.807, 2.05) is 65.6 Å². The standard InChI is InChI=1S/C23H27N3O3/c27-20-12-7-13-25(16-20)17-26-21(28)23(24-22(26)29,14-18-8-3-1-4-9-18)15-19-10-5-2-6-11-19/h1-6,8-11,20,27H,7,12-17H2,(H,24,29)/t20-/m1/s1. The van der Waals surface area contributed by atoms with Crippen molar-refractivity contribution in [1.82, 2.24) is 15.1 Å². The van der Waals surface area contributed by atoms with Crippen LogP contribution in [-0.4, -0.2) is 58.2 Å². The van der Waals surface area contributed by atoms with Crippen LogP contribution in [0.3, 0.4) is 0 Å². The van der Waals surface area contributed by atoms with Gasteiger partial charge in [-0.1, -0.05) is 60.7 Å². The van der Waals surface area contributed by atoms with Crippen LogP contribution in [0.25, 0.3) is 0 Å². The zero-order chi connectivity index (χ0) is 20.3. The molecule has 0 bridgehead atoms. The van der Waals surface area contributed by atoms with Gasteiger partial charge in [-0.25, -0.2) is 9.69 Å². The number of nitrogens with zero attached hydrogens (tertiary/aromatic N) is 2. The molecule has 152 valence electrons. The Labute approximate surface area is 171 Å². The molecule has 2 aromatic rings. The second kappa shape index (κ2) is 8.35. The van der Waals surface area contributed by atoms with Gasteiger partial charge in [-0.15, -0.1) is 0 Å². The van der Waals surface area contributed by atoms with Gasteiger partial charge in [0.25, 0.3) is 5.91 Å². The Balaban J connectivity index is 1.59. The van der Waals surface area contributed by atoms with E-state index in [4.69, 9.17) is 0 Å². The number of hydrogen-bond acceptors (Lipinski definition) is 4. The van der Waals surface area contributed by atoms with Crippen molar-refractivity contribution in [2.75, 3.05) is 19.8 Å². The van der Waals surface area contributed by atoms with Crippen LogP contribution in [0, 0.1) is 0 Å². The predicted molar refractivity (Wildman–Crippen MR) is 110 cm³/mol. The molecule has 2 N–H and O–H groups in total.